The first-order valence-electron chi connectivity index (χ1n) is 7.42. The molecule has 1 fully saturated rings. The first kappa shape index (κ1) is 16.3. The summed E-state index contributed by atoms with van der Waals surface area (Å²) >= 11 is 0. The van der Waals surface area contributed by atoms with Gasteiger partial charge in [-0.1, -0.05) is 24.3 Å². The Morgan fingerprint density at radius 1 is 1.41 bits per heavy atom. The highest BCUT2D eigenvalue weighted by Gasteiger charge is 2.42. The molecule has 5 nitrogen and oxygen atoms in total. The van der Waals surface area contributed by atoms with Gasteiger partial charge in [0.05, 0.1) is 6.54 Å². The second-order valence-corrected chi connectivity index (χ2v) is 5.68. The molecule has 1 aromatic carbocycles. The molecule has 1 aliphatic heterocycles. The zero-order valence-corrected chi connectivity index (χ0v) is 12.6. The van der Waals surface area contributed by atoms with E-state index in [0.717, 1.165) is 5.56 Å². The van der Waals surface area contributed by atoms with E-state index in [2.05, 4.69) is 5.32 Å². The van der Waals surface area contributed by atoms with E-state index in [1.807, 2.05) is 19.1 Å². The molecular weight excluding hydrogens is 287 g/mol. The number of aryl methyl sites for hydroxylation is 1. The Morgan fingerprint density at radius 2 is 2.14 bits per heavy atom. The molecule has 22 heavy (non-hydrogen) atoms. The lowest BCUT2D eigenvalue weighted by Crippen LogP contribution is -2.40. The van der Waals surface area contributed by atoms with Gasteiger partial charge in [0, 0.05) is 25.9 Å². The topological polar surface area (TPSA) is 69.6 Å². The SMILES string of the molecule is Cc1ccccc1C1(F)CCN(C(=O)NCCCC(=O)O)C1. The van der Waals surface area contributed by atoms with Gasteiger partial charge in [-0.15, -0.1) is 0 Å². The Bertz CT molecular complexity index is 564. The summed E-state index contributed by atoms with van der Waals surface area (Å²) in [5.41, 5.74) is 0.00825. The number of alkyl halides is 1. The molecule has 0 aromatic heterocycles. The lowest BCUT2D eigenvalue weighted by Gasteiger charge is -2.23. The van der Waals surface area contributed by atoms with E-state index in [-0.39, 0.29) is 32.0 Å². The number of nitrogens with zero attached hydrogens (tertiary/aromatic N) is 1. The number of hydrogen-bond acceptors (Lipinski definition) is 2. The molecule has 1 heterocycles. The van der Waals surface area contributed by atoms with E-state index in [9.17, 15) is 9.59 Å². The molecule has 0 aliphatic carbocycles. The Kier molecular flexibility index (Phi) is 5.00. The fourth-order valence-electron chi connectivity index (χ4n) is 2.79. The Labute approximate surface area is 129 Å². The highest BCUT2D eigenvalue weighted by atomic mass is 19.1. The van der Waals surface area contributed by atoms with Gasteiger partial charge in [0.15, 0.2) is 5.67 Å². The number of benzene rings is 1. The summed E-state index contributed by atoms with van der Waals surface area (Å²) in [6.07, 6.45) is 0.657. The molecule has 0 radical (unpaired) electrons. The van der Waals surface area contributed by atoms with Crippen LogP contribution in [0.5, 0.6) is 0 Å². The molecule has 1 aromatic rings. The van der Waals surface area contributed by atoms with Crippen molar-refractivity contribution in [2.45, 2.75) is 31.9 Å². The minimum atomic E-state index is -1.51. The maximum absolute atomic E-state index is 15.1. The molecular formula is C16H21FN2O3. The van der Waals surface area contributed by atoms with Gasteiger partial charge in [0.1, 0.15) is 0 Å². The van der Waals surface area contributed by atoms with Crippen molar-refractivity contribution in [3.63, 3.8) is 0 Å². The summed E-state index contributed by atoms with van der Waals surface area (Å²) in [6, 6.07) is 6.97. The van der Waals surface area contributed by atoms with Gasteiger partial charge >= 0.3 is 12.0 Å². The molecule has 1 unspecified atom stereocenters. The molecule has 2 N–H and O–H groups in total. The highest BCUT2D eigenvalue weighted by Crippen LogP contribution is 2.37. The molecule has 0 bridgehead atoms. The van der Waals surface area contributed by atoms with E-state index in [1.165, 1.54) is 4.90 Å². The second kappa shape index (κ2) is 6.77. The van der Waals surface area contributed by atoms with Gasteiger partial charge in [0.2, 0.25) is 0 Å². The quantitative estimate of drug-likeness (QED) is 0.821. The second-order valence-electron chi connectivity index (χ2n) is 5.68. The first-order chi connectivity index (χ1) is 10.4. The van der Waals surface area contributed by atoms with Crippen molar-refractivity contribution >= 4 is 12.0 Å². The van der Waals surface area contributed by atoms with Crippen molar-refractivity contribution in [3.05, 3.63) is 35.4 Å². The average Bonchev–Trinajstić information content (AvgIpc) is 2.87. The molecule has 0 spiro atoms. The van der Waals surface area contributed by atoms with Gasteiger partial charge < -0.3 is 15.3 Å². The molecule has 2 amide bonds. The van der Waals surface area contributed by atoms with E-state index in [4.69, 9.17) is 5.11 Å². The van der Waals surface area contributed by atoms with Crippen LogP contribution in [0.15, 0.2) is 24.3 Å². The molecule has 1 aliphatic rings. The molecule has 0 saturated carbocycles. The normalized spacial score (nSPS) is 20.9. The number of carbonyl (C=O) groups is 2. The minimum Gasteiger partial charge on any atom is -0.481 e. The van der Waals surface area contributed by atoms with Gasteiger partial charge in [-0.05, 0) is 24.5 Å². The zero-order valence-electron chi connectivity index (χ0n) is 12.6. The van der Waals surface area contributed by atoms with Crippen molar-refractivity contribution in [1.82, 2.24) is 10.2 Å². The van der Waals surface area contributed by atoms with E-state index < -0.39 is 11.6 Å². The van der Waals surface area contributed by atoms with Crippen molar-refractivity contribution in [2.75, 3.05) is 19.6 Å². The number of urea groups is 1. The van der Waals surface area contributed by atoms with Crippen LogP contribution in [0.4, 0.5) is 9.18 Å². The molecule has 2 rings (SSSR count). The number of carboxylic acids is 1. The van der Waals surface area contributed by atoms with Gasteiger partial charge in [-0.2, -0.15) is 0 Å². The minimum absolute atomic E-state index is 0.0105. The summed E-state index contributed by atoms with van der Waals surface area (Å²) in [5, 5.41) is 11.2. The van der Waals surface area contributed by atoms with Gasteiger partial charge in [0.25, 0.3) is 0 Å². The van der Waals surface area contributed by atoms with Gasteiger partial charge in [-0.3, -0.25) is 4.79 Å². The van der Waals surface area contributed by atoms with Gasteiger partial charge in [-0.25, -0.2) is 9.18 Å². The molecule has 1 saturated heterocycles. The summed E-state index contributed by atoms with van der Waals surface area (Å²) < 4.78 is 15.1. The molecule has 6 heteroatoms. The molecule has 120 valence electrons. The maximum Gasteiger partial charge on any atom is 0.317 e. The van der Waals surface area contributed by atoms with Crippen LogP contribution >= 0.6 is 0 Å². The first-order valence-corrected chi connectivity index (χ1v) is 7.42. The number of rotatable bonds is 5. The number of hydrogen-bond donors (Lipinski definition) is 2. The van der Waals surface area contributed by atoms with Crippen LogP contribution in [0.3, 0.4) is 0 Å². The Hall–Kier alpha value is -2.11. The zero-order chi connectivity index (χ0) is 16.2. The predicted octanol–water partition coefficient (Wildman–Crippen LogP) is 2.44. The summed E-state index contributed by atoms with van der Waals surface area (Å²) in [6.45, 7) is 2.54. The maximum atomic E-state index is 15.1. The van der Waals surface area contributed by atoms with Crippen LogP contribution in [-0.2, 0) is 10.5 Å². The van der Waals surface area contributed by atoms with E-state index in [0.29, 0.717) is 18.5 Å². The number of carbonyl (C=O) groups excluding carboxylic acids is 1. The fourth-order valence-corrected chi connectivity index (χ4v) is 2.79. The number of carboxylic acid groups (broad SMARTS) is 1. The third-order valence-electron chi connectivity index (χ3n) is 3.98. The van der Waals surface area contributed by atoms with Crippen LogP contribution in [0.2, 0.25) is 0 Å². The largest absolute Gasteiger partial charge is 0.481 e. The average molecular weight is 308 g/mol. The number of halogens is 1. The van der Waals surface area contributed by atoms with Crippen molar-refractivity contribution in [2.24, 2.45) is 0 Å². The summed E-state index contributed by atoms with van der Waals surface area (Å²) in [7, 11) is 0. The third-order valence-corrected chi connectivity index (χ3v) is 3.98. The Morgan fingerprint density at radius 3 is 2.82 bits per heavy atom. The third kappa shape index (κ3) is 3.75. The standard InChI is InChI=1S/C16H21FN2O3/c1-12-5-2-3-6-13(12)16(17)8-10-19(11-16)15(22)18-9-4-7-14(20)21/h2-3,5-6H,4,7-11H2,1H3,(H,18,22)(H,20,21). The number of likely N-dealkylation sites (tertiary alicyclic amines) is 1. The number of aliphatic carboxylic acids is 1. The Balaban J connectivity index is 1.90. The van der Waals surface area contributed by atoms with Crippen LogP contribution in [0.1, 0.15) is 30.4 Å². The lowest BCUT2D eigenvalue weighted by molar-refractivity contribution is -0.137. The number of nitrogens with one attached hydrogen (secondary N) is 1. The van der Waals surface area contributed by atoms with Crippen molar-refractivity contribution in [1.29, 1.82) is 0 Å². The molecule has 1 atom stereocenters. The number of amides is 2. The predicted molar refractivity (Wildman–Crippen MR) is 80.4 cm³/mol. The summed E-state index contributed by atoms with van der Waals surface area (Å²) in [4.78, 5) is 23.8. The monoisotopic (exact) mass is 308 g/mol. The summed E-state index contributed by atoms with van der Waals surface area (Å²) in [5.74, 6) is -0.891. The highest BCUT2D eigenvalue weighted by molar-refractivity contribution is 5.75. The van der Waals surface area contributed by atoms with Crippen LogP contribution in [0, 0.1) is 6.92 Å². The van der Waals surface area contributed by atoms with Crippen LogP contribution in [0.25, 0.3) is 0 Å². The van der Waals surface area contributed by atoms with E-state index in [1.54, 1.807) is 12.1 Å². The smallest absolute Gasteiger partial charge is 0.317 e. The lowest BCUT2D eigenvalue weighted by atomic mass is 9.91. The van der Waals surface area contributed by atoms with Crippen LogP contribution in [-0.4, -0.2) is 41.6 Å². The van der Waals surface area contributed by atoms with Crippen molar-refractivity contribution < 1.29 is 19.1 Å². The van der Waals surface area contributed by atoms with Crippen LogP contribution < -0.4 is 5.32 Å². The van der Waals surface area contributed by atoms with E-state index >= 15 is 4.39 Å². The van der Waals surface area contributed by atoms with Crippen molar-refractivity contribution in [3.8, 4) is 0 Å². The fraction of sp³-hybridized carbons (Fsp3) is 0.500.